The van der Waals surface area contributed by atoms with Crippen molar-refractivity contribution in [2.75, 3.05) is 24.5 Å². The third-order valence-electron chi connectivity index (χ3n) is 4.45. The highest BCUT2D eigenvalue weighted by Crippen LogP contribution is 2.34. The fourth-order valence-electron chi connectivity index (χ4n) is 3.23. The van der Waals surface area contributed by atoms with Crippen LogP contribution >= 0.6 is 15.9 Å². The molecule has 0 aliphatic carbocycles. The molecule has 2 aromatic heterocycles. The van der Waals surface area contributed by atoms with Gasteiger partial charge in [0, 0.05) is 36.3 Å². The van der Waals surface area contributed by atoms with Crippen molar-refractivity contribution in [2.45, 2.75) is 17.9 Å². The first kappa shape index (κ1) is 17.4. The molecule has 0 spiro atoms. The van der Waals surface area contributed by atoms with Gasteiger partial charge in [0.25, 0.3) is 10.0 Å². The van der Waals surface area contributed by atoms with Crippen LogP contribution in [0.5, 0.6) is 0 Å². The van der Waals surface area contributed by atoms with Gasteiger partial charge < -0.3 is 10.2 Å². The second-order valence-corrected chi connectivity index (χ2v) is 8.96. The van der Waals surface area contributed by atoms with Crippen LogP contribution in [0.25, 0.3) is 11.0 Å². The van der Waals surface area contributed by atoms with Crippen LogP contribution in [0, 0.1) is 0 Å². The molecule has 1 atom stereocenters. The number of nitrogens with zero attached hydrogens (tertiary/aromatic N) is 4. The minimum Gasteiger partial charge on any atom is -0.353 e. The molecule has 7 nitrogen and oxygen atoms in total. The van der Waals surface area contributed by atoms with Crippen molar-refractivity contribution in [1.29, 1.82) is 0 Å². The van der Waals surface area contributed by atoms with Gasteiger partial charge in [-0.1, -0.05) is 18.2 Å². The number of hydrogen-bond acceptors (Lipinski definition) is 6. The van der Waals surface area contributed by atoms with Crippen LogP contribution in [0.1, 0.15) is 6.92 Å². The Hall–Kier alpha value is -1.97. The first-order chi connectivity index (χ1) is 12.5. The molecule has 4 rings (SSSR count). The molecule has 0 amide bonds. The maximum Gasteiger partial charge on any atom is 0.269 e. The fourth-order valence-corrected chi connectivity index (χ4v) is 5.26. The van der Waals surface area contributed by atoms with E-state index in [1.165, 1.54) is 10.3 Å². The van der Waals surface area contributed by atoms with Crippen molar-refractivity contribution < 1.29 is 8.42 Å². The lowest BCUT2D eigenvalue weighted by Gasteiger charge is -2.33. The van der Waals surface area contributed by atoms with Crippen LogP contribution < -0.4 is 10.2 Å². The lowest BCUT2D eigenvalue weighted by Crippen LogP contribution is -2.49. The predicted octanol–water partition coefficient (Wildman–Crippen LogP) is 2.23. The summed E-state index contributed by atoms with van der Waals surface area (Å²) in [6.45, 7) is 4.58. The van der Waals surface area contributed by atoms with E-state index in [1.807, 2.05) is 0 Å². The normalized spacial score (nSPS) is 18.4. The first-order valence-electron chi connectivity index (χ1n) is 8.29. The number of hydrogen-bond donors (Lipinski definition) is 1. The molecule has 0 saturated carbocycles. The van der Waals surface area contributed by atoms with Gasteiger partial charge in [-0.15, -0.1) is 0 Å². The van der Waals surface area contributed by atoms with Crippen molar-refractivity contribution in [3.05, 3.63) is 47.3 Å². The molecule has 1 aromatic carbocycles. The minimum absolute atomic E-state index is 0.223. The third kappa shape index (κ3) is 2.89. The van der Waals surface area contributed by atoms with Crippen molar-refractivity contribution in [2.24, 2.45) is 0 Å². The van der Waals surface area contributed by atoms with E-state index in [0.717, 1.165) is 25.5 Å². The van der Waals surface area contributed by atoms with E-state index in [4.69, 9.17) is 0 Å². The number of fused-ring (bicyclic) bond motifs is 1. The van der Waals surface area contributed by atoms with Crippen LogP contribution in [-0.4, -0.2) is 48.0 Å². The topological polar surface area (TPSA) is 80.1 Å². The molecule has 1 fully saturated rings. The average Bonchev–Trinajstić information content (AvgIpc) is 3.00. The Labute approximate surface area is 160 Å². The van der Waals surface area contributed by atoms with Crippen molar-refractivity contribution in [1.82, 2.24) is 19.3 Å². The monoisotopic (exact) mass is 435 g/mol. The highest BCUT2D eigenvalue weighted by Gasteiger charge is 2.26. The van der Waals surface area contributed by atoms with E-state index in [-0.39, 0.29) is 4.90 Å². The summed E-state index contributed by atoms with van der Waals surface area (Å²) in [5.74, 6) is 0.747. The van der Waals surface area contributed by atoms with E-state index in [0.29, 0.717) is 21.5 Å². The minimum atomic E-state index is -3.74. The van der Waals surface area contributed by atoms with E-state index < -0.39 is 10.0 Å². The summed E-state index contributed by atoms with van der Waals surface area (Å²) in [5, 5.41) is 4.11. The Morgan fingerprint density at radius 3 is 2.73 bits per heavy atom. The van der Waals surface area contributed by atoms with Crippen LogP contribution in [0.2, 0.25) is 0 Å². The molecule has 9 heteroatoms. The number of nitrogens with one attached hydrogen (secondary N) is 1. The lowest BCUT2D eigenvalue weighted by atomic mass is 10.2. The van der Waals surface area contributed by atoms with E-state index >= 15 is 0 Å². The van der Waals surface area contributed by atoms with Gasteiger partial charge in [-0.3, -0.25) is 0 Å². The van der Waals surface area contributed by atoms with E-state index in [1.54, 1.807) is 36.5 Å². The molecule has 1 saturated heterocycles. The summed E-state index contributed by atoms with van der Waals surface area (Å²) < 4.78 is 28.0. The van der Waals surface area contributed by atoms with E-state index in [2.05, 4.69) is 43.0 Å². The fraction of sp³-hybridized carbons (Fsp3) is 0.294. The zero-order chi connectivity index (χ0) is 18.3. The second-order valence-electron chi connectivity index (χ2n) is 6.29. The summed E-state index contributed by atoms with van der Waals surface area (Å²) in [4.78, 5) is 11.1. The molecule has 26 heavy (non-hydrogen) atoms. The average molecular weight is 436 g/mol. The zero-order valence-electron chi connectivity index (χ0n) is 14.1. The number of benzene rings is 1. The van der Waals surface area contributed by atoms with E-state index in [9.17, 15) is 8.42 Å². The van der Waals surface area contributed by atoms with Gasteiger partial charge in [-0.2, -0.15) is 0 Å². The molecule has 3 aromatic rings. The lowest BCUT2D eigenvalue weighted by molar-refractivity contribution is 0.483. The molecule has 1 aliphatic heterocycles. The summed E-state index contributed by atoms with van der Waals surface area (Å²) >= 11 is 3.51. The van der Waals surface area contributed by atoms with Gasteiger partial charge >= 0.3 is 0 Å². The Morgan fingerprint density at radius 2 is 2.00 bits per heavy atom. The highest BCUT2D eigenvalue weighted by molar-refractivity contribution is 9.10. The number of aromatic nitrogens is 3. The largest absolute Gasteiger partial charge is 0.353 e. The van der Waals surface area contributed by atoms with Crippen LogP contribution in [-0.2, 0) is 10.0 Å². The molecule has 0 radical (unpaired) electrons. The maximum atomic E-state index is 13.1. The van der Waals surface area contributed by atoms with Gasteiger partial charge in [0.2, 0.25) is 0 Å². The van der Waals surface area contributed by atoms with Gasteiger partial charge in [0.15, 0.2) is 5.65 Å². The Balaban J connectivity index is 1.88. The Kier molecular flexibility index (Phi) is 4.45. The summed E-state index contributed by atoms with van der Waals surface area (Å²) in [6, 6.07) is 8.69. The Bertz CT molecular complexity index is 1050. The number of piperazine rings is 1. The number of rotatable bonds is 3. The molecular formula is C17H18BrN5O2S. The second kappa shape index (κ2) is 6.64. The third-order valence-corrected chi connectivity index (χ3v) is 6.72. The molecular weight excluding hydrogens is 418 g/mol. The first-order valence-corrected chi connectivity index (χ1v) is 10.5. The zero-order valence-corrected chi connectivity index (χ0v) is 16.5. The summed E-state index contributed by atoms with van der Waals surface area (Å²) in [7, 11) is -3.74. The van der Waals surface area contributed by atoms with Crippen molar-refractivity contribution in [3.63, 3.8) is 0 Å². The summed E-state index contributed by atoms with van der Waals surface area (Å²) in [5.41, 5.74) is 0.372. The van der Waals surface area contributed by atoms with Crippen molar-refractivity contribution in [3.8, 4) is 0 Å². The molecule has 1 N–H and O–H groups in total. The van der Waals surface area contributed by atoms with Gasteiger partial charge in [-0.25, -0.2) is 22.4 Å². The Morgan fingerprint density at radius 1 is 1.23 bits per heavy atom. The molecule has 136 valence electrons. The number of halogens is 1. The van der Waals surface area contributed by atoms with Crippen LogP contribution in [0.4, 0.5) is 5.82 Å². The predicted molar refractivity (Wildman–Crippen MR) is 104 cm³/mol. The molecule has 3 heterocycles. The van der Waals surface area contributed by atoms with Crippen LogP contribution in [0.15, 0.2) is 52.2 Å². The maximum absolute atomic E-state index is 13.1. The standard InChI is InChI=1S/C17H18BrN5O2S/c1-12-9-22(8-7-19-12)16-15-14(18)10-23(17(15)21-11-20-16)26(24,25)13-5-3-2-4-6-13/h2-6,10-12,19H,7-9H2,1H3. The molecule has 1 aliphatic rings. The van der Waals surface area contributed by atoms with Gasteiger partial charge in [0.1, 0.15) is 12.1 Å². The molecule has 0 bridgehead atoms. The van der Waals surface area contributed by atoms with Gasteiger partial charge in [0.05, 0.1) is 10.3 Å². The highest BCUT2D eigenvalue weighted by atomic mass is 79.9. The molecule has 1 unspecified atom stereocenters. The smallest absolute Gasteiger partial charge is 0.269 e. The SMILES string of the molecule is CC1CN(c2ncnc3c2c(Br)cn3S(=O)(=O)c2ccccc2)CCN1. The number of anilines is 1. The quantitative estimate of drug-likeness (QED) is 0.679. The van der Waals surface area contributed by atoms with Crippen molar-refractivity contribution >= 4 is 42.8 Å². The summed E-state index contributed by atoms with van der Waals surface area (Å²) in [6.07, 6.45) is 2.98. The van der Waals surface area contributed by atoms with Gasteiger partial charge in [-0.05, 0) is 35.0 Å². The van der Waals surface area contributed by atoms with Crippen LogP contribution in [0.3, 0.4) is 0 Å².